The molecule has 3 rings (SSSR count). The largest absolute Gasteiger partial charge is 0.367 e. The average Bonchev–Trinajstić information content (AvgIpc) is 2.49. The molecule has 0 atom stereocenters. The number of fused-ring (bicyclic) bond motifs is 1. The van der Waals surface area contributed by atoms with Gasteiger partial charge in [0, 0.05) is 45.9 Å². The van der Waals surface area contributed by atoms with Crippen molar-refractivity contribution in [3.05, 3.63) is 40.4 Å². The third-order valence-corrected chi connectivity index (χ3v) is 5.01. The van der Waals surface area contributed by atoms with Crippen LogP contribution in [-0.4, -0.2) is 31.7 Å². The van der Waals surface area contributed by atoms with E-state index in [2.05, 4.69) is 10.3 Å². The number of pyridine rings is 1. The van der Waals surface area contributed by atoms with Crippen molar-refractivity contribution in [3.63, 3.8) is 0 Å². The lowest BCUT2D eigenvalue weighted by Crippen LogP contribution is -2.29. The van der Waals surface area contributed by atoms with Crippen molar-refractivity contribution < 1.29 is 9.13 Å². The van der Waals surface area contributed by atoms with Crippen LogP contribution < -0.4 is 5.32 Å². The van der Waals surface area contributed by atoms with Gasteiger partial charge in [-0.3, -0.25) is 14.3 Å². The van der Waals surface area contributed by atoms with E-state index in [4.69, 9.17) is 0 Å². The molecule has 0 aliphatic carbocycles. The van der Waals surface area contributed by atoms with Gasteiger partial charge in [0.25, 0.3) is 5.69 Å². The van der Waals surface area contributed by atoms with E-state index >= 15 is 0 Å². The van der Waals surface area contributed by atoms with Gasteiger partial charge in [0.2, 0.25) is 0 Å². The number of anilines is 1. The first kappa shape index (κ1) is 13.9. The van der Waals surface area contributed by atoms with E-state index in [0.717, 1.165) is 41.1 Å². The summed E-state index contributed by atoms with van der Waals surface area (Å²) >= 11 is 0. The molecule has 7 heteroatoms. The lowest BCUT2D eigenvalue weighted by molar-refractivity contribution is -0.384. The molecule has 2 heterocycles. The highest BCUT2D eigenvalue weighted by Crippen LogP contribution is 2.22. The van der Waals surface area contributed by atoms with Crippen LogP contribution in [0.15, 0.2) is 30.3 Å². The van der Waals surface area contributed by atoms with E-state index in [0.29, 0.717) is 6.04 Å². The molecule has 1 fully saturated rings. The maximum absolute atomic E-state index is 11.3. The zero-order chi connectivity index (χ0) is 14.8. The highest BCUT2D eigenvalue weighted by Gasteiger charge is 2.18. The van der Waals surface area contributed by atoms with Crippen molar-refractivity contribution in [2.45, 2.75) is 18.9 Å². The Morgan fingerprint density at radius 3 is 2.71 bits per heavy atom. The lowest BCUT2D eigenvalue weighted by Gasteiger charge is -2.23. The first-order valence-corrected chi connectivity index (χ1v) is 8.27. The number of nitrogens with one attached hydrogen (secondary N) is 1. The van der Waals surface area contributed by atoms with Gasteiger partial charge in [-0.25, -0.2) is 4.98 Å². The normalized spacial score (nSPS) is 22.1. The van der Waals surface area contributed by atoms with E-state index in [1.54, 1.807) is 6.07 Å². The average molecular weight is 305 g/mol. The number of hydrogen-bond acceptors (Lipinski definition) is 5. The summed E-state index contributed by atoms with van der Waals surface area (Å²) in [4.78, 5) is 14.8. The molecule has 1 aliphatic heterocycles. The molecule has 0 bridgehead atoms. The fourth-order valence-electron chi connectivity index (χ4n) is 2.45. The summed E-state index contributed by atoms with van der Waals surface area (Å²) in [6, 6.07) is 8.61. The smallest absolute Gasteiger partial charge is 0.270 e. The monoisotopic (exact) mass is 305 g/mol. The number of nitro groups is 1. The molecule has 1 aromatic carbocycles. The Morgan fingerprint density at radius 2 is 2.00 bits per heavy atom. The minimum absolute atomic E-state index is 0.0692. The van der Waals surface area contributed by atoms with Crippen LogP contribution in [0.25, 0.3) is 10.9 Å². The van der Waals surface area contributed by atoms with Gasteiger partial charge in [0.05, 0.1) is 10.4 Å². The zero-order valence-corrected chi connectivity index (χ0v) is 12.1. The summed E-state index contributed by atoms with van der Waals surface area (Å²) in [6.45, 7) is 0. The second-order valence-electron chi connectivity index (χ2n) is 5.10. The second-order valence-corrected chi connectivity index (χ2v) is 6.79. The molecule has 21 heavy (non-hydrogen) atoms. The van der Waals surface area contributed by atoms with Gasteiger partial charge < -0.3 is 5.32 Å². The number of aromatic nitrogens is 1. The van der Waals surface area contributed by atoms with Crippen LogP contribution in [0.3, 0.4) is 0 Å². The Bertz CT molecular complexity index is 710. The summed E-state index contributed by atoms with van der Waals surface area (Å²) in [5.41, 5.74) is 0.796. The molecule has 1 aromatic heterocycles. The summed E-state index contributed by atoms with van der Waals surface area (Å²) in [6.07, 6.45) is 1.76. The molecule has 0 amide bonds. The Hall–Kier alpha value is -2.02. The molecule has 1 aliphatic rings. The van der Waals surface area contributed by atoms with Crippen LogP contribution in [0.2, 0.25) is 0 Å². The number of hydrogen-bond donors (Lipinski definition) is 1. The van der Waals surface area contributed by atoms with Gasteiger partial charge in [-0.1, -0.05) is 0 Å². The van der Waals surface area contributed by atoms with Gasteiger partial charge in [-0.2, -0.15) is 0 Å². The van der Waals surface area contributed by atoms with Crippen molar-refractivity contribution in [1.29, 1.82) is 0 Å². The maximum atomic E-state index is 11.3. The van der Waals surface area contributed by atoms with E-state index in [9.17, 15) is 14.3 Å². The fourth-order valence-corrected chi connectivity index (χ4v) is 3.75. The number of rotatable bonds is 3. The van der Waals surface area contributed by atoms with E-state index in [1.165, 1.54) is 12.1 Å². The highest BCUT2D eigenvalue weighted by atomic mass is 32.2. The van der Waals surface area contributed by atoms with Crippen LogP contribution in [-0.2, 0) is 10.8 Å². The predicted octanol–water partition coefficient (Wildman–Crippen LogP) is 2.47. The van der Waals surface area contributed by atoms with Crippen LogP contribution in [0, 0.1) is 10.1 Å². The predicted molar refractivity (Wildman–Crippen MR) is 82.9 cm³/mol. The molecule has 6 nitrogen and oxygen atoms in total. The molecule has 0 unspecified atom stereocenters. The molecule has 1 N–H and O–H groups in total. The first-order chi connectivity index (χ1) is 10.1. The fraction of sp³-hybridized carbons (Fsp3) is 0.357. The number of nitro benzene ring substituents is 1. The molecular formula is C14H15N3O3S. The van der Waals surface area contributed by atoms with Gasteiger partial charge in [-0.05, 0) is 31.0 Å². The van der Waals surface area contributed by atoms with E-state index in [1.807, 2.05) is 12.1 Å². The molecule has 110 valence electrons. The maximum Gasteiger partial charge on any atom is 0.270 e. The van der Waals surface area contributed by atoms with Crippen molar-refractivity contribution in [1.82, 2.24) is 4.98 Å². The Kier molecular flexibility index (Phi) is 3.83. The van der Waals surface area contributed by atoms with Gasteiger partial charge >= 0.3 is 0 Å². The minimum Gasteiger partial charge on any atom is -0.367 e. The van der Waals surface area contributed by atoms with Crippen LogP contribution in [0.5, 0.6) is 0 Å². The Morgan fingerprint density at radius 1 is 1.24 bits per heavy atom. The first-order valence-electron chi connectivity index (χ1n) is 6.78. The molecule has 2 aromatic rings. The summed E-state index contributed by atoms with van der Waals surface area (Å²) in [7, 11) is -0.673. The third kappa shape index (κ3) is 3.18. The molecule has 0 saturated carbocycles. The molecule has 1 saturated heterocycles. The van der Waals surface area contributed by atoms with Crippen LogP contribution >= 0.6 is 0 Å². The summed E-state index contributed by atoms with van der Waals surface area (Å²) in [5, 5.41) is 14.8. The molecular weight excluding hydrogens is 290 g/mol. The van der Waals surface area contributed by atoms with Gasteiger partial charge in [0.15, 0.2) is 0 Å². The lowest BCUT2D eigenvalue weighted by atomic mass is 10.1. The summed E-state index contributed by atoms with van der Waals surface area (Å²) in [5.74, 6) is 2.23. The summed E-state index contributed by atoms with van der Waals surface area (Å²) < 4.78 is 11.3. The molecule has 0 spiro atoms. The van der Waals surface area contributed by atoms with E-state index < -0.39 is 15.7 Å². The molecule has 0 radical (unpaired) electrons. The van der Waals surface area contributed by atoms with Gasteiger partial charge in [0.1, 0.15) is 5.82 Å². The van der Waals surface area contributed by atoms with Crippen molar-refractivity contribution >= 4 is 33.2 Å². The van der Waals surface area contributed by atoms with Gasteiger partial charge in [-0.15, -0.1) is 0 Å². The minimum atomic E-state index is -0.673. The Labute approximate surface area is 124 Å². The van der Waals surface area contributed by atoms with Crippen LogP contribution in [0.1, 0.15) is 12.8 Å². The topological polar surface area (TPSA) is 85.1 Å². The third-order valence-electron chi connectivity index (χ3n) is 3.62. The van der Waals surface area contributed by atoms with Crippen molar-refractivity contribution in [2.24, 2.45) is 0 Å². The Balaban J connectivity index is 1.79. The second kappa shape index (κ2) is 5.77. The SMILES string of the molecule is O=[N+]([O-])c1ccc2nc(NC3CCS(=O)CC3)ccc2c1. The highest BCUT2D eigenvalue weighted by molar-refractivity contribution is 7.85. The number of nitrogens with zero attached hydrogens (tertiary/aromatic N) is 2. The van der Waals surface area contributed by atoms with Crippen molar-refractivity contribution in [2.75, 3.05) is 16.8 Å². The van der Waals surface area contributed by atoms with Crippen molar-refractivity contribution in [3.8, 4) is 0 Å². The quantitative estimate of drug-likeness (QED) is 0.695. The zero-order valence-electron chi connectivity index (χ0n) is 11.3. The number of benzene rings is 1. The van der Waals surface area contributed by atoms with Crippen LogP contribution in [0.4, 0.5) is 11.5 Å². The standard InChI is InChI=1S/C14H15N3O3S/c18-17(19)12-2-3-13-10(9-12)1-4-14(16-13)15-11-5-7-21(20)8-6-11/h1-4,9,11H,5-8H2,(H,15,16). The number of non-ortho nitro benzene ring substituents is 1. The van der Waals surface area contributed by atoms with E-state index in [-0.39, 0.29) is 5.69 Å².